The van der Waals surface area contributed by atoms with Crippen LogP contribution in [0.1, 0.15) is 28.5 Å². The maximum absolute atomic E-state index is 6.08. The number of aryl methyl sites for hydroxylation is 2. The maximum atomic E-state index is 6.08. The van der Waals surface area contributed by atoms with Crippen LogP contribution >= 0.6 is 0 Å². The second-order valence-electron chi connectivity index (χ2n) is 6.96. The molecule has 1 aliphatic heterocycles. The van der Waals surface area contributed by atoms with Crippen LogP contribution in [0.2, 0.25) is 0 Å². The number of hydrogen-bond acceptors (Lipinski definition) is 5. The van der Waals surface area contributed by atoms with E-state index < -0.39 is 0 Å². The Morgan fingerprint density at radius 1 is 1.00 bits per heavy atom. The molecule has 0 amide bonds. The van der Waals surface area contributed by atoms with Gasteiger partial charge in [0.2, 0.25) is 0 Å². The van der Waals surface area contributed by atoms with Crippen LogP contribution in [0.15, 0.2) is 48.7 Å². The van der Waals surface area contributed by atoms with Crippen LogP contribution in [0, 0.1) is 20.8 Å². The van der Waals surface area contributed by atoms with Crippen LogP contribution in [-0.4, -0.2) is 34.6 Å². The van der Waals surface area contributed by atoms with Crippen molar-refractivity contribution in [1.29, 1.82) is 0 Å². The van der Waals surface area contributed by atoms with Crippen molar-refractivity contribution >= 4 is 5.82 Å². The Labute approximate surface area is 160 Å². The summed E-state index contributed by atoms with van der Waals surface area (Å²) in [4.78, 5) is 16.3. The highest BCUT2D eigenvalue weighted by Gasteiger charge is 2.26. The number of aromatic nitrogens is 3. The minimum Gasteiger partial charge on any atom is -0.370 e. The fourth-order valence-electron chi connectivity index (χ4n) is 3.51. The SMILES string of the molecule is Cc1ccccc1C1CN(c2nc(-c3ccccn3)nc(C)c2C)CCO1. The van der Waals surface area contributed by atoms with Crippen molar-refractivity contribution in [2.24, 2.45) is 0 Å². The highest BCUT2D eigenvalue weighted by Crippen LogP contribution is 2.30. The lowest BCUT2D eigenvalue weighted by atomic mass is 10.0. The van der Waals surface area contributed by atoms with Gasteiger partial charge in [-0.05, 0) is 44.0 Å². The van der Waals surface area contributed by atoms with Crippen LogP contribution in [0.25, 0.3) is 11.5 Å². The van der Waals surface area contributed by atoms with Gasteiger partial charge < -0.3 is 9.64 Å². The fourth-order valence-corrected chi connectivity index (χ4v) is 3.51. The average Bonchev–Trinajstić information content (AvgIpc) is 2.71. The molecule has 1 atom stereocenters. The molecular formula is C22H24N4O. The molecular weight excluding hydrogens is 336 g/mol. The first-order valence-electron chi connectivity index (χ1n) is 9.32. The number of anilines is 1. The van der Waals surface area contributed by atoms with Gasteiger partial charge in [0.05, 0.1) is 6.61 Å². The van der Waals surface area contributed by atoms with Gasteiger partial charge in [0, 0.05) is 30.5 Å². The lowest BCUT2D eigenvalue weighted by Gasteiger charge is -2.35. The molecule has 138 valence electrons. The Hall–Kier alpha value is -2.79. The van der Waals surface area contributed by atoms with Gasteiger partial charge in [-0.15, -0.1) is 0 Å². The van der Waals surface area contributed by atoms with E-state index in [4.69, 9.17) is 9.72 Å². The van der Waals surface area contributed by atoms with Crippen molar-refractivity contribution in [3.05, 3.63) is 71.0 Å². The minimum absolute atomic E-state index is 0.0490. The van der Waals surface area contributed by atoms with E-state index in [0.29, 0.717) is 12.4 Å². The molecule has 2 aromatic heterocycles. The first kappa shape index (κ1) is 17.6. The topological polar surface area (TPSA) is 51.1 Å². The van der Waals surface area contributed by atoms with Gasteiger partial charge in [0.25, 0.3) is 0 Å². The largest absolute Gasteiger partial charge is 0.370 e. The van der Waals surface area contributed by atoms with Gasteiger partial charge in [-0.3, -0.25) is 4.98 Å². The smallest absolute Gasteiger partial charge is 0.180 e. The van der Waals surface area contributed by atoms with Crippen molar-refractivity contribution in [2.45, 2.75) is 26.9 Å². The molecule has 0 aliphatic carbocycles. The summed E-state index contributed by atoms with van der Waals surface area (Å²) in [6.45, 7) is 8.54. The zero-order valence-electron chi connectivity index (χ0n) is 16.0. The molecule has 5 heteroatoms. The summed E-state index contributed by atoms with van der Waals surface area (Å²) in [5.74, 6) is 1.65. The second kappa shape index (κ2) is 7.45. The first-order chi connectivity index (χ1) is 13.1. The maximum Gasteiger partial charge on any atom is 0.180 e. The van der Waals surface area contributed by atoms with Crippen molar-refractivity contribution in [2.75, 3.05) is 24.6 Å². The van der Waals surface area contributed by atoms with Crippen LogP contribution in [-0.2, 0) is 4.74 Å². The average molecular weight is 360 g/mol. The van der Waals surface area contributed by atoms with E-state index in [-0.39, 0.29) is 6.10 Å². The third-order valence-corrected chi connectivity index (χ3v) is 5.16. The molecule has 1 saturated heterocycles. The lowest BCUT2D eigenvalue weighted by Crippen LogP contribution is -2.39. The Balaban J connectivity index is 1.68. The van der Waals surface area contributed by atoms with E-state index >= 15 is 0 Å². The summed E-state index contributed by atoms with van der Waals surface area (Å²) < 4.78 is 6.08. The standard InChI is InChI=1S/C22H24N4O/c1-15-8-4-5-9-18(15)20-14-26(12-13-27-20)22-16(2)17(3)24-21(25-22)19-10-6-7-11-23-19/h4-11,20H,12-14H2,1-3H3. The van der Waals surface area contributed by atoms with Crippen LogP contribution < -0.4 is 4.90 Å². The number of morpholine rings is 1. The molecule has 5 nitrogen and oxygen atoms in total. The van der Waals surface area contributed by atoms with E-state index in [0.717, 1.165) is 35.9 Å². The molecule has 0 bridgehead atoms. The number of hydrogen-bond donors (Lipinski definition) is 0. The van der Waals surface area contributed by atoms with Crippen LogP contribution in [0.4, 0.5) is 5.82 Å². The normalized spacial score (nSPS) is 17.1. The van der Waals surface area contributed by atoms with E-state index in [1.807, 2.05) is 25.1 Å². The van der Waals surface area contributed by atoms with Crippen molar-refractivity contribution < 1.29 is 4.74 Å². The molecule has 1 aromatic carbocycles. The summed E-state index contributed by atoms with van der Waals surface area (Å²) in [6, 6.07) is 14.2. The predicted molar refractivity (Wildman–Crippen MR) is 107 cm³/mol. The van der Waals surface area contributed by atoms with E-state index in [1.54, 1.807) is 6.20 Å². The highest BCUT2D eigenvalue weighted by atomic mass is 16.5. The monoisotopic (exact) mass is 360 g/mol. The van der Waals surface area contributed by atoms with Crippen LogP contribution in [0.3, 0.4) is 0 Å². The van der Waals surface area contributed by atoms with Gasteiger partial charge in [-0.1, -0.05) is 30.3 Å². The van der Waals surface area contributed by atoms with Crippen LogP contribution in [0.5, 0.6) is 0 Å². The molecule has 4 rings (SSSR count). The van der Waals surface area contributed by atoms with Gasteiger partial charge in [0.15, 0.2) is 5.82 Å². The summed E-state index contributed by atoms with van der Waals surface area (Å²) in [5.41, 5.74) is 5.40. The summed E-state index contributed by atoms with van der Waals surface area (Å²) in [7, 11) is 0. The summed E-state index contributed by atoms with van der Waals surface area (Å²) in [6.07, 6.45) is 1.82. The summed E-state index contributed by atoms with van der Waals surface area (Å²) in [5, 5.41) is 0. The number of nitrogens with zero attached hydrogens (tertiary/aromatic N) is 4. The third-order valence-electron chi connectivity index (χ3n) is 5.16. The van der Waals surface area contributed by atoms with E-state index in [1.165, 1.54) is 11.1 Å². The molecule has 0 saturated carbocycles. The van der Waals surface area contributed by atoms with Crippen molar-refractivity contribution in [3.8, 4) is 11.5 Å². The molecule has 3 heterocycles. The fraction of sp³-hybridized carbons (Fsp3) is 0.318. The Bertz CT molecular complexity index is 942. The molecule has 1 aliphatic rings. The summed E-state index contributed by atoms with van der Waals surface area (Å²) >= 11 is 0. The van der Waals surface area contributed by atoms with Gasteiger partial charge >= 0.3 is 0 Å². The lowest BCUT2D eigenvalue weighted by molar-refractivity contribution is 0.0391. The Morgan fingerprint density at radius 3 is 2.59 bits per heavy atom. The van der Waals surface area contributed by atoms with E-state index in [2.05, 4.69) is 53.0 Å². The first-order valence-corrected chi connectivity index (χ1v) is 9.32. The number of ether oxygens (including phenoxy) is 1. The highest BCUT2D eigenvalue weighted by molar-refractivity contribution is 5.57. The Morgan fingerprint density at radius 2 is 1.81 bits per heavy atom. The number of rotatable bonds is 3. The molecule has 1 unspecified atom stereocenters. The predicted octanol–water partition coefficient (Wildman–Crippen LogP) is 4.04. The van der Waals surface area contributed by atoms with Gasteiger partial charge in [-0.25, -0.2) is 9.97 Å². The van der Waals surface area contributed by atoms with Gasteiger partial charge in [0.1, 0.15) is 17.6 Å². The molecule has 27 heavy (non-hydrogen) atoms. The zero-order chi connectivity index (χ0) is 18.8. The number of pyridine rings is 1. The molecule has 3 aromatic rings. The second-order valence-corrected chi connectivity index (χ2v) is 6.96. The van der Waals surface area contributed by atoms with Crippen molar-refractivity contribution in [1.82, 2.24) is 15.0 Å². The van der Waals surface area contributed by atoms with Crippen molar-refractivity contribution in [3.63, 3.8) is 0 Å². The van der Waals surface area contributed by atoms with E-state index in [9.17, 15) is 0 Å². The minimum atomic E-state index is 0.0490. The number of benzene rings is 1. The molecule has 0 spiro atoms. The molecule has 0 radical (unpaired) electrons. The third kappa shape index (κ3) is 3.55. The van der Waals surface area contributed by atoms with Gasteiger partial charge in [-0.2, -0.15) is 0 Å². The zero-order valence-corrected chi connectivity index (χ0v) is 16.0. The molecule has 0 N–H and O–H groups in total. The quantitative estimate of drug-likeness (QED) is 0.705. The Kier molecular flexibility index (Phi) is 4.86. The molecule has 1 fully saturated rings.